The lowest BCUT2D eigenvalue weighted by Gasteiger charge is -2.21. The fourth-order valence-electron chi connectivity index (χ4n) is 13.1. The van der Waals surface area contributed by atoms with Gasteiger partial charge < -0.3 is 33.8 Å². The summed E-state index contributed by atoms with van der Waals surface area (Å²) < 4.78 is 68.9. The van der Waals surface area contributed by atoms with Crippen LogP contribution in [0, 0.1) is 5.92 Å². The molecule has 612 valence electrons. The van der Waals surface area contributed by atoms with Crippen LogP contribution in [0.5, 0.6) is 0 Å². The van der Waals surface area contributed by atoms with Crippen molar-refractivity contribution in [3.05, 3.63) is 0 Å². The van der Waals surface area contributed by atoms with Crippen LogP contribution < -0.4 is 0 Å². The summed E-state index contributed by atoms with van der Waals surface area (Å²) in [5.41, 5.74) is 0. The minimum Gasteiger partial charge on any atom is -0.462 e. The lowest BCUT2D eigenvalue weighted by Crippen LogP contribution is -2.30. The summed E-state index contributed by atoms with van der Waals surface area (Å²) in [6.07, 6.45) is 69.2. The molecule has 0 aliphatic rings. The molecule has 5 atom stereocenters. The third-order valence-corrected chi connectivity index (χ3v) is 21.7. The van der Waals surface area contributed by atoms with Crippen LogP contribution in [-0.2, 0) is 65.4 Å². The first-order chi connectivity index (χ1) is 50.0. The van der Waals surface area contributed by atoms with E-state index in [1.165, 1.54) is 276 Å². The molecule has 0 bridgehead atoms. The summed E-state index contributed by atoms with van der Waals surface area (Å²) in [5, 5.41) is 10.7. The normalized spacial score (nSPS) is 13.8. The molecule has 0 saturated carbocycles. The second kappa shape index (κ2) is 76.8. The van der Waals surface area contributed by atoms with E-state index in [1.54, 1.807) is 0 Å². The average molecular weight is 1510 g/mol. The molecule has 0 amide bonds. The van der Waals surface area contributed by atoms with E-state index in [1.807, 2.05) is 0 Å². The van der Waals surface area contributed by atoms with E-state index in [9.17, 15) is 43.2 Å². The summed E-state index contributed by atoms with van der Waals surface area (Å²) in [6, 6.07) is 0. The van der Waals surface area contributed by atoms with Gasteiger partial charge in [0.1, 0.15) is 19.3 Å². The maximum absolute atomic E-state index is 13.1. The molecule has 0 rings (SSSR count). The van der Waals surface area contributed by atoms with Crippen molar-refractivity contribution in [3.63, 3.8) is 0 Å². The van der Waals surface area contributed by atoms with Crippen molar-refractivity contribution in [2.45, 2.75) is 470 Å². The highest BCUT2D eigenvalue weighted by atomic mass is 31.2. The van der Waals surface area contributed by atoms with E-state index >= 15 is 0 Å². The zero-order valence-corrected chi connectivity index (χ0v) is 69.3. The predicted octanol–water partition coefficient (Wildman–Crippen LogP) is 25.6. The average Bonchev–Trinajstić information content (AvgIpc) is 1.24. The molecule has 0 saturated heterocycles. The number of carbonyl (C=O) groups is 4. The highest BCUT2D eigenvalue weighted by Crippen LogP contribution is 2.45. The Hall–Kier alpha value is -1.94. The fourth-order valence-corrected chi connectivity index (χ4v) is 14.7. The Balaban J connectivity index is 5.24. The first-order valence-corrected chi connectivity index (χ1v) is 46.6. The Morgan fingerprint density at radius 2 is 0.447 bits per heavy atom. The van der Waals surface area contributed by atoms with Gasteiger partial charge in [-0.05, 0) is 31.6 Å². The van der Waals surface area contributed by atoms with E-state index in [0.717, 1.165) is 95.8 Å². The van der Waals surface area contributed by atoms with Crippen LogP contribution in [-0.4, -0.2) is 96.7 Å². The highest BCUT2D eigenvalue weighted by Gasteiger charge is 2.30. The number of aliphatic hydroxyl groups excluding tert-OH is 1. The number of phosphoric acid groups is 2. The van der Waals surface area contributed by atoms with Crippen LogP contribution in [0.15, 0.2) is 0 Å². The molecule has 0 heterocycles. The minimum absolute atomic E-state index is 0.109. The Bertz CT molecular complexity index is 1960. The molecular weight excluding hydrogens is 1340 g/mol. The number of aliphatic hydroxyl groups is 1. The molecular formula is C84H164O17P2. The molecule has 0 spiro atoms. The number of hydrogen-bond donors (Lipinski definition) is 3. The van der Waals surface area contributed by atoms with Crippen molar-refractivity contribution < 1.29 is 80.2 Å². The van der Waals surface area contributed by atoms with E-state index in [0.29, 0.717) is 25.7 Å². The third-order valence-electron chi connectivity index (χ3n) is 19.8. The SMILES string of the molecule is CCCCCCCCCCCCCCCCCC(=O)OC[C@H](COP(=O)(O)OC[C@@H](O)COP(=O)(O)OC[C@@H](COC(=O)CCCCCCCCCCCCCC)OC(=O)CCCCCCCCCCCCCCCCC)OC(=O)CCCCCCCCCCCCCCCCCCCCC(C)C. The van der Waals surface area contributed by atoms with Crippen LogP contribution in [0.4, 0.5) is 0 Å². The molecule has 0 aliphatic carbocycles. The molecule has 3 N–H and O–H groups in total. The van der Waals surface area contributed by atoms with Crippen molar-refractivity contribution in [2.24, 2.45) is 5.92 Å². The molecule has 0 aliphatic heterocycles. The number of carbonyl (C=O) groups excluding carboxylic acids is 4. The number of rotatable bonds is 84. The van der Waals surface area contributed by atoms with Crippen LogP contribution in [0.1, 0.15) is 452 Å². The summed E-state index contributed by atoms with van der Waals surface area (Å²) >= 11 is 0. The topological polar surface area (TPSA) is 237 Å². The fraction of sp³-hybridized carbons (Fsp3) is 0.952. The van der Waals surface area contributed by atoms with Gasteiger partial charge >= 0.3 is 39.5 Å². The number of esters is 4. The second-order valence-corrected chi connectivity index (χ2v) is 33.6. The van der Waals surface area contributed by atoms with Gasteiger partial charge in [-0.2, -0.15) is 0 Å². The maximum Gasteiger partial charge on any atom is 0.472 e. The zero-order valence-electron chi connectivity index (χ0n) is 67.5. The van der Waals surface area contributed by atoms with Gasteiger partial charge in [0.25, 0.3) is 0 Å². The number of ether oxygens (including phenoxy) is 4. The lowest BCUT2D eigenvalue weighted by atomic mass is 10.0. The standard InChI is InChI=1S/C84H164O17P2/c1-6-9-12-15-18-21-24-27-33-38-43-48-53-58-63-68-82(87)95-74-80(101-84(89)70-65-60-55-50-45-40-36-32-30-29-31-35-37-41-46-51-56-61-66-77(4)5)76-99-103(92,93)97-72-78(85)71-96-102(90,91)98-75-79(73-94-81(86)67-62-57-52-47-42-26-23-20-17-14-11-8-3)100-83(88)69-64-59-54-49-44-39-34-28-25-22-19-16-13-10-7-2/h77-80,85H,6-76H2,1-5H3,(H,90,91)(H,92,93)/t78-,79+,80+/m0/s1. The monoisotopic (exact) mass is 1510 g/mol. The lowest BCUT2D eigenvalue weighted by molar-refractivity contribution is -0.161. The largest absolute Gasteiger partial charge is 0.472 e. The van der Waals surface area contributed by atoms with Crippen molar-refractivity contribution in [3.8, 4) is 0 Å². The van der Waals surface area contributed by atoms with Crippen molar-refractivity contribution in [1.29, 1.82) is 0 Å². The predicted molar refractivity (Wildman–Crippen MR) is 423 cm³/mol. The van der Waals surface area contributed by atoms with E-state index in [4.69, 9.17) is 37.0 Å². The summed E-state index contributed by atoms with van der Waals surface area (Å²) in [5.74, 6) is -1.28. The van der Waals surface area contributed by atoms with Crippen molar-refractivity contribution in [2.75, 3.05) is 39.6 Å². The third kappa shape index (κ3) is 78.0. The number of unbranched alkanes of at least 4 members (excludes halogenated alkanes) is 56. The van der Waals surface area contributed by atoms with Gasteiger partial charge in [-0.15, -0.1) is 0 Å². The van der Waals surface area contributed by atoms with Crippen LogP contribution >= 0.6 is 15.6 Å². The molecule has 0 radical (unpaired) electrons. The molecule has 19 heteroatoms. The Morgan fingerprint density at radius 1 is 0.262 bits per heavy atom. The van der Waals surface area contributed by atoms with Gasteiger partial charge in [0.05, 0.1) is 26.4 Å². The quantitative estimate of drug-likeness (QED) is 0.0222. The molecule has 0 aromatic rings. The molecule has 103 heavy (non-hydrogen) atoms. The van der Waals surface area contributed by atoms with E-state index < -0.39 is 97.5 Å². The zero-order chi connectivity index (χ0) is 75.5. The highest BCUT2D eigenvalue weighted by molar-refractivity contribution is 7.47. The molecule has 17 nitrogen and oxygen atoms in total. The number of hydrogen-bond acceptors (Lipinski definition) is 15. The van der Waals surface area contributed by atoms with Crippen LogP contribution in [0.25, 0.3) is 0 Å². The van der Waals surface area contributed by atoms with Gasteiger partial charge in [0.15, 0.2) is 12.2 Å². The van der Waals surface area contributed by atoms with Crippen LogP contribution in [0.3, 0.4) is 0 Å². The van der Waals surface area contributed by atoms with Gasteiger partial charge in [0, 0.05) is 25.7 Å². The molecule has 0 aromatic carbocycles. The Kier molecular flexibility index (Phi) is 75.4. The summed E-state index contributed by atoms with van der Waals surface area (Å²) in [7, 11) is -9.92. The van der Waals surface area contributed by atoms with Gasteiger partial charge in [-0.25, -0.2) is 9.13 Å². The Morgan fingerprint density at radius 3 is 0.660 bits per heavy atom. The van der Waals surface area contributed by atoms with Gasteiger partial charge in [0.2, 0.25) is 0 Å². The first-order valence-electron chi connectivity index (χ1n) is 43.6. The number of phosphoric ester groups is 2. The van der Waals surface area contributed by atoms with Crippen LogP contribution in [0.2, 0.25) is 0 Å². The van der Waals surface area contributed by atoms with E-state index in [-0.39, 0.29) is 25.7 Å². The Labute approximate surface area is 632 Å². The van der Waals surface area contributed by atoms with Gasteiger partial charge in [-0.1, -0.05) is 401 Å². The van der Waals surface area contributed by atoms with Crippen molar-refractivity contribution >= 4 is 39.5 Å². The van der Waals surface area contributed by atoms with Gasteiger partial charge in [-0.3, -0.25) is 37.3 Å². The summed E-state index contributed by atoms with van der Waals surface area (Å²) in [6.45, 7) is 7.40. The van der Waals surface area contributed by atoms with E-state index in [2.05, 4.69) is 34.6 Å². The molecule has 2 unspecified atom stereocenters. The maximum atomic E-state index is 13.1. The second-order valence-electron chi connectivity index (χ2n) is 30.7. The summed E-state index contributed by atoms with van der Waals surface area (Å²) in [4.78, 5) is 73.2. The molecule has 0 fully saturated rings. The molecule has 0 aromatic heterocycles. The minimum atomic E-state index is -4.96. The first kappa shape index (κ1) is 101. The smallest absolute Gasteiger partial charge is 0.462 e. The van der Waals surface area contributed by atoms with Crippen molar-refractivity contribution in [1.82, 2.24) is 0 Å².